The van der Waals surface area contributed by atoms with E-state index in [-0.39, 0.29) is 15.2 Å². The number of rotatable bonds is 1. The van der Waals surface area contributed by atoms with Gasteiger partial charge in [0, 0.05) is 10.5 Å². The summed E-state index contributed by atoms with van der Waals surface area (Å²) in [5.41, 5.74) is 0. The van der Waals surface area contributed by atoms with Crippen molar-refractivity contribution in [2.24, 2.45) is 0 Å². The summed E-state index contributed by atoms with van der Waals surface area (Å²) < 4.78 is 39.9. The first kappa shape index (κ1) is 12.1. The maximum absolute atomic E-state index is 11.9. The van der Waals surface area contributed by atoms with Crippen molar-refractivity contribution in [2.45, 2.75) is 6.36 Å². The van der Waals surface area contributed by atoms with E-state index in [1.807, 2.05) is 0 Å². The van der Waals surface area contributed by atoms with Crippen LogP contribution in [0.5, 0.6) is 5.75 Å². The van der Waals surface area contributed by atoms with Gasteiger partial charge in [0.25, 0.3) is 0 Å². The van der Waals surface area contributed by atoms with Crippen molar-refractivity contribution in [1.29, 1.82) is 0 Å². The van der Waals surface area contributed by atoms with E-state index in [4.69, 9.17) is 11.6 Å². The number of benzene rings is 1. The fourth-order valence-electron chi connectivity index (χ4n) is 0.707. The summed E-state index contributed by atoms with van der Waals surface area (Å²) in [6.45, 7) is 0. The van der Waals surface area contributed by atoms with Crippen LogP contribution >= 0.6 is 43.5 Å². The van der Waals surface area contributed by atoms with Crippen LogP contribution in [-0.2, 0) is 0 Å². The predicted octanol–water partition coefficient (Wildman–Crippen LogP) is 4.76. The summed E-state index contributed by atoms with van der Waals surface area (Å²) in [5.74, 6) is -0.370. The molecule has 1 nitrogen and oxygen atoms in total. The molecule has 0 aliphatic carbocycles. The molecule has 0 amide bonds. The Labute approximate surface area is 99.4 Å². The monoisotopic (exact) mass is 352 g/mol. The van der Waals surface area contributed by atoms with Crippen LogP contribution in [0.15, 0.2) is 21.1 Å². The van der Waals surface area contributed by atoms with Gasteiger partial charge in [0.2, 0.25) is 0 Å². The molecule has 0 aliphatic heterocycles. The van der Waals surface area contributed by atoms with E-state index in [9.17, 15) is 13.2 Å². The van der Waals surface area contributed by atoms with E-state index in [2.05, 4.69) is 36.6 Å². The Morgan fingerprint density at radius 2 is 1.71 bits per heavy atom. The Morgan fingerprint density at radius 3 is 2.21 bits per heavy atom. The summed E-state index contributed by atoms with van der Waals surface area (Å²) in [4.78, 5) is 0. The molecule has 0 N–H and O–H groups in total. The van der Waals surface area contributed by atoms with E-state index in [1.165, 1.54) is 6.07 Å². The van der Waals surface area contributed by atoms with E-state index in [0.29, 0.717) is 4.47 Å². The van der Waals surface area contributed by atoms with Gasteiger partial charge in [0.05, 0.1) is 9.50 Å². The van der Waals surface area contributed by atoms with E-state index in [0.717, 1.165) is 6.07 Å². The first-order valence-electron chi connectivity index (χ1n) is 3.20. The van der Waals surface area contributed by atoms with Crippen molar-refractivity contribution in [3.05, 3.63) is 26.1 Å². The number of halogens is 6. The summed E-state index contributed by atoms with van der Waals surface area (Å²) in [7, 11) is 0. The van der Waals surface area contributed by atoms with E-state index < -0.39 is 6.36 Å². The van der Waals surface area contributed by atoms with Gasteiger partial charge in [0.1, 0.15) is 5.75 Å². The van der Waals surface area contributed by atoms with Gasteiger partial charge in [-0.2, -0.15) is 0 Å². The largest absolute Gasteiger partial charge is 0.573 e. The van der Waals surface area contributed by atoms with Crippen LogP contribution in [0.1, 0.15) is 0 Å². The molecule has 0 saturated carbocycles. The lowest BCUT2D eigenvalue weighted by Crippen LogP contribution is -2.17. The Hall–Kier alpha value is 0.0600. The van der Waals surface area contributed by atoms with Gasteiger partial charge >= 0.3 is 6.36 Å². The van der Waals surface area contributed by atoms with Crippen molar-refractivity contribution < 1.29 is 17.9 Å². The SMILES string of the molecule is FC(F)(F)Oc1cc(Cl)c(Br)cc1Br. The molecule has 1 aromatic rings. The lowest BCUT2D eigenvalue weighted by molar-refractivity contribution is -0.274. The number of ether oxygens (including phenoxy) is 1. The second-order valence-corrected chi connectivity index (χ2v) is 4.36. The third kappa shape index (κ3) is 3.33. The molecule has 0 saturated heterocycles. The highest BCUT2D eigenvalue weighted by Crippen LogP contribution is 2.36. The second-order valence-electron chi connectivity index (χ2n) is 2.24. The van der Waals surface area contributed by atoms with Gasteiger partial charge in [-0.25, -0.2) is 0 Å². The van der Waals surface area contributed by atoms with Gasteiger partial charge in [-0.15, -0.1) is 13.2 Å². The minimum atomic E-state index is -4.72. The van der Waals surface area contributed by atoms with Gasteiger partial charge in [-0.1, -0.05) is 11.6 Å². The molecular formula is C7H2Br2ClF3O. The quantitative estimate of drug-likeness (QED) is 0.661. The van der Waals surface area contributed by atoms with Crippen molar-refractivity contribution in [3.8, 4) is 5.75 Å². The molecular weight excluding hydrogens is 352 g/mol. The molecule has 7 heteroatoms. The predicted molar refractivity (Wildman–Crippen MR) is 53.5 cm³/mol. The molecule has 1 rings (SSSR count). The fourth-order valence-corrected chi connectivity index (χ4v) is 1.94. The second kappa shape index (κ2) is 4.28. The van der Waals surface area contributed by atoms with E-state index >= 15 is 0 Å². The van der Waals surface area contributed by atoms with Crippen LogP contribution in [0, 0.1) is 0 Å². The minimum Gasteiger partial charge on any atom is -0.405 e. The third-order valence-electron chi connectivity index (χ3n) is 1.20. The minimum absolute atomic E-state index is 0.146. The highest BCUT2D eigenvalue weighted by Gasteiger charge is 2.32. The number of alkyl halides is 3. The molecule has 0 spiro atoms. The van der Waals surface area contributed by atoms with Crippen LogP contribution in [0.4, 0.5) is 13.2 Å². The van der Waals surface area contributed by atoms with Crippen molar-refractivity contribution >= 4 is 43.5 Å². The average molecular weight is 354 g/mol. The molecule has 0 aliphatic rings. The normalized spacial score (nSPS) is 11.6. The van der Waals surface area contributed by atoms with Crippen LogP contribution in [-0.4, -0.2) is 6.36 Å². The third-order valence-corrected chi connectivity index (χ3v) is 3.02. The topological polar surface area (TPSA) is 9.23 Å². The van der Waals surface area contributed by atoms with Crippen LogP contribution in [0.25, 0.3) is 0 Å². The van der Waals surface area contributed by atoms with Crippen LogP contribution in [0.3, 0.4) is 0 Å². The van der Waals surface area contributed by atoms with E-state index in [1.54, 1.807) is 0 Å². The zero-order valence-corrected chi connectivity index (χ0v) is 10.3. The molecule has 0 fully saturated rings. The Bertz CT molecular complexity index is 354. The lowest BCUT2D eigenvalue weighted by atomic mass is 10.3. The van der Waals surface area contributed by atoms with Crippen LogP contribution < -0.4 is 4.74 Å². The lowest BCUT2D eigenvalue weighted by Gasteiger charge is -2.11. The Kier molecular flexibility index (Phi) is 3.71. The van der Waals surface area contributed by atoms with Gasteiger partial charge < -0.3 is 4.74 Å². The van der Waals surface area contributed by atoms with Crippen molar-refractivity contribution in [2.75, 3.05) is 0 Å². The molecule has 0 unspecified atom stereocenters. The first-order chi connectivity index (χ1) is 6.29. The van der Waals surface area contributed by atoms with Crippen LogP contribution in [0.2, 0.25) is 5.02 Å². The zero-order chi connectivity index (χ0) is 10.9. The highest BCUT2D eigenvalue weighted by atomic mass is 79.9. The molecule has 0 atom stereocenters. The summed E-state index contributed by atoms with van der Waals surface area (Å²) >= 11 is 11.6. The molecule has 14 heavy (non-hydrogen) atoms. The molecule has 0 radical (unpaired) electrons. The highest BCUT2D eigenvalue weighted by molar-refractivity contribution is 9.11. The smallest absolute Gasteiger partial charge is 0.405 e. The zero-order valence-electron chi connectivity index (χ0n) is 6.33. The average Bonchev–Trinajstić information content (AvgIpc) is 1.97. The number of hydrogen-bond donors (Lipinski definition) is 0. The van der Waals surface area contributed by atoms with Gasteiger partial charge in [-0.05, 0) is 37.9 Å². The molecule has 0 bridgehead atoms. The summed E-state index contributed by atoms with van der Waals surface area (Å²) in [6, 6.07) is 2.45. The standard InChI is InChI=1S/C7H2Br2ClF3O/c8-3-1-4(9)6(2-5(3)10)14-7(11,12)13/h1-2H. The van der Waals surface area contributed by atoms with Gasteiger partial charge in [0.15, 0.2) is 0 Å². The summed E-state index contributed by atoms with van der Waals surface area (Å²) in [6.07, 6.45) is -4.72. The fraction of sp³-hybridized carbons (Fsp3) is 0.143. The molecule has 0 aromatic heterocycles. The first-order valence-corrected chi connectivity index (χ1v) is 5.16. The maximum Gasteiger partial charge on any atom is 0.573 e. The number of hydrogen-bond acceptors (Lipinski definition) is 1. The van der Waals surface area contributed by atoms with Crippen molar-refractivity contribution in [3.63, 3.8) is 0 Å². The molecule has 78 valence electrons. The summed E-state index contributed by atoms with van der Waals surface area (Å²) in [5, 5.41) is 0.146. The Balaban J connectivity index is 3.04. The maximum atomic E-state index is 11.9. The molecule has 0 heterocycles. The molecule has 1 aromatic carbocycles. The van der Waals surface area contributed by atoms with Crippen molar-refractivity contribution in [1.82, 2.24) is 0 Å². The Morgan fingerprint density at radius 1 is 1.14 bits per heavy atom. The van der Waals surface area contributed by atoms with Gasteiger partial charge in [-0.3, -0.25) is 0 Å².